The van der Waals surface area contributed by atoms with Crippen molar-refractivity contribution in [2.24, 2.45) is 5.92 Å². The van der Waals surface area contributed by atoms with E-state index >= 15 is 0 Å². The molecule has 11 nitrogen and oxygen atoms in total. The van der Waals surface area contributed by atoms with Crippen LogP contribution in [0.4, 0.5) is 0 Å². The van der Waals surface area contributed by atoms with E-state index in [0.29, 0.717) is 30.1 Å². The van der Waals surface area contributed by atoms with Crippen molar-refractivity contribution >= 4 is 23.9 Å². The number of ether oxygens (including phenoxy) is 5. The number of aliphatic hydroxyl groups is 1. The Morgan fingerprint density at radius 1 is 1.10 bits per heavy atom. The van der Waals surface area contributed by atoms with E-state index in [1.165, 1.54) is 13.8 Å². The molecule has 5 rings (SSSR count). The molecule has 0 amide bonds. The topological polar surface area (TPSA) is 155 Å². The van der Waals surface area contributed by atoms with Gasteiger partial charge in [0.2, 0.25) is 0 Å². The number of methoxy groups -OCH3 is 1. The van der Waals surface area contributed by atoms with Gasteiger partial charge in [-0.25, -0.2) is 9.59 Å². The Morgan fingerprint density at radius 3 is 2.56 bits per heavy atom. The summed E-state index contributed by atoms with van der Waals surface area (Å²) in [5.74, 6) is -2.39. The first kappa shape index (κ1) is 27.0. The standard InChI is InChI=1S/C28H32O11/c1-14(25(31)32)37-26(33)15(2)36-20(29)8-9-21(30)38-19-10-12-28(34)17-5-4-11-27(28)22-16(13-17)6-7-18(35-3)23(22)39-24(19)27/h6-7,10,14-15,17,24,34H,4-5,8-9,11-13H2,1-3H3,(H,31,32)/t14-,15-,17+,24-,27-,28+/m0/s1. The van der Waals surface area contributed by atoms with Crippen molar-refractivity contribution in [1.29, 1.82) is 0 Å². The zero-order valence-corrected chi connectivity index (χ0v) is 22.1. The zero-order chi connectivity index (χ0) is 28.1. The van der Waals surface area contributed by atoms with Crippen molar-refractivity contribution in [1.82, 2.24) is 0 Å². The predicted octanol–water partition coefficient (Wildman–Crippen LogP) is 2.34. The summed E-state index contributed by atoms with van der Waals surface area (Å²) in [5.41, 5.74) is 0.250. The van der Waals surface area contributed by atoms with Crippen LogP contribution in [-0.4, -0.2) is 65.1 Å². The Balaban J connectivity index is 1.27. The van der Waals surface area contributed by atoms with E-state index in [0.717, 1.165) is 30.4 Å². The quantitative estimate of drug-likeness (QED) is 0.348. The Morgan fingerprint density at radius 2 is 1.85 bits per heavy atom. The predicted molar refractivity (Wildman–Crippen MR) is 132 cm³/mol. The number of carboxylic acid groups (broad SMARTS) is 1. The SMILES string of the molecule is COc1ccc2c3c1O[C@H]1C(OC(=O)CCC(=O)O[C@@H](C)C(=O)O[C@@H](C)C(=O)O)=CC[C@@]4(O)[C@H](CCC[C@]314)C2. The summed E-state index contributed by atoms with van der Waals surface area (Å²) in [5, 5.41) is 20.9. The lowest BCUT2D eigenvalue weighted by molar-refractivity contribution is -0.175. The molecule has 1 aliphatic heterocycles. The molecule has 0 saturated heterocycles. The maximum absolute atomic E-state index is 12.8. The Bertz CT molecular complexity index is 1250. The molecule has 11 heteroatoms. The number of hydrogen-bond donors (Lipinski definition) is 2. The lowest BCUT2D eigenvalue weighted by atomic mass is 9.47. The van der Waals surface area contributed by atoms with E-state index < -0.39 is 53.2 Å². The fraction of sp³-hybridized carbons (Fsp3) is 0.571. The van der Waals surface area contributed by atoms with Crippen LogP contribution in [0.3, 0.4) is 0 Å². The number of hydrogen-bond acceptors (Lipinski definition) is 10. The Labute approximate surface area is 225 Å². The molecule has 0 unspecified atom stereocenters. The molecule has 1 aromatic rings. The molecule has 4 aliphatic rings. The van der Waals surface area contributed by atoms with E-state index in [2.05, 4.69) is 4.74 Å². The number of rotatable bonds is 9. The van der Waals surface area contributed by atoms with Crippen molar-refractivity contribution in [2.45, 2.75) is 88.1 Å². The fourth-order valence-corrected chi connectivity index (χ4v) is 6.69. The maximum Gasteiger partial charge on any atom is 0.347 e. The van der Waals surface area contributed by atoms with Crippen molar-refractivity contribution in [2.75, 3.05) is 7.11 Å². The van der Waals surface area contributed by atoms with E-state index in [1.54, 1.807) is 13.2 Å². The van der Waals surface area contributed by atoms with Gasteiger partial charge in [-0.15, -0.1) is 0 Å². The molecular formula is C28H32O11. The highest BCUT2D eigenvalue weighted by atomic mass is 16.6. The van der Waals surface area contributed by atoms with Crippen molar-refractivity contribution < 1.29 is 53.1 Å². The minimum absolute atomic E-state index is 0.0552. The summed E-state index contributed by atoms with van der Waals surface area (Å²) in [6.45, 7) is 2.43. The largest absolute Gasteiger partial charge is 0.493 e. The van der Waals surface area contributed by atoms with Gasteiger partial charge in [0.05, 0.1) is 31.0 Å². The van der Waals surface area contributed by atoms with E-state index in [4.69, 9.17) is 24.1 Å². The first-order valence-corrected chi connectivity index (χ1v) is 13.1. The molecular weight excluding hydrogens is 512 g/mol. The molecule has 1 spiro atoms. The summed E-state index contributed by atoms with van der Waals surface area (Å²) >= 11 is 0. The highest BCUT2D eigenvalue weighted by Gasteiger charge is 2.70. The number of esters is 3. The number of carboxylic acids is 1. The summed E-state index contributed by atoms with van der Waals surface area (Å²) in [6.07, 6.45) is 1.12. The van der Waals surface area contributed by atoms with Crippen LogP contribution in [0, 0.1) is 5.92 Å². The first-order valence-electron chi connectivity index (χ1n) is 13.1. The summed E-state index contributed by atoms with van der Waals surface area (Å²) in [6, 6.07) is 3.89. The number of carbonyl (C=O) groups is 4. The van der Waals surface area contributed by atoms with Gasteiger partial charge in [-0.2, -0.15) is 0 Å². The van der Waals surface area contributed by atoms with Crippen LogP contribution in [0.1, 0.15) is 63.5 Å². The third-order valence-corrected chi connectivity index (χ3v) is 8.51. The molecule has 0 radical (unpaired) electrons. The van der Waals surface area contributed by atoms with Gasteiger partial charge in [-0.1, -0.05) is 12.5 Å². The lowest BCUT2D eigenvalue weighted by Gasteiger charge is -2.59. The Hall–Kier alpha value is -3.60. The van der Waals surface area contributed by atoms with Gasteiger partial charge in [0.15, 0.2) is 29.8 Å². The monoisotopic (exact) mass is 544 g/mol. The molecule has 6 atom stereocenters. The zero-order valence-electron chi connectivity index (χ0n) is 22.1. The van der Waals surface area contributed by atoms with Crippen LogP contribution in [-0.2, 0) is 45.2 Å². The van der Waals surface area contributed by atoms with Gasteiger partial charge < -0.3 is 33.9 Å². The van der Waals surface area contributed by atoms with Crippen LogP contribution in [0.2, 0.25) is 0 Å². The van der Waals surface area contributed by atoms with Gasteiger partial charge >= 0.3 is 23.9 Å². The van der Waals surface area contributed by atoms with Crippen LogP contribution < -0.4 is 9.47 Å². The van der Waals surface area contributed by atoms with Crippen LogP contribution in [0.25, 0.3) is 0 Å². The molecule has 2 bridgehead atoms. The average Bonchev–Trinajstić information content (AvgIpc) is 3.24. The van der Waals surface area contributed by atoms with Crippen molar-refractivity contribution in [3.63, 3.8) is 0 Å². The molecule has 1 saturated carbocycles. The minimum atomic E-state index is -1.39. The van der Waals surface area contributed by atoms with Crippen LogP contribution in [0.15, 0.2) is 24.0 Å². The third kappa shape index (κ3) is 4.23. The third-order valence-electron chi connectivity index (χ3n) is 8.51. The van der Waals surface area contributed by atoms with Crippen molar-refractivity contribution in [3.8, 4) is 11.5 Å². The molecule has 2 N–H and O–H groups in total. The summed E-state index contributed by atoms with van der Waals surface area (Å²) < 4.78 is 27.4. The smallest absolute Gasteiger partial charge is 0.347 e. The fourth-order valence-electron chi connectivity index (χ4n) is 6.69. The van der Waals surface area contributed by atoms with Gasteiger partial charge in [-0.3, -0.25) is 9.59 Å². The van der Waals surface area contributed by atoms with Gasteiger partial charge in [0.1, 0.15) is 5.76 Å². The van der Waals surface area contributed by atoms with Gasteiger partial charge in [-0.05, 0) is 63.2 Å². The second-order valence-electron chi connectivity index (χ2n) is 10.7. The molecule has 1 fully saturated rings. The summed E-state index contributed by atoms with van der Waals surface area (Å²) in [7, 11) is 1.56. The lowest BCUT2D eigenvalue weighted by Crippen LogP contribution is -2.67. The van der Waals surface area contributed by atoms with E-state index in [1.807, 2.05) is 12.1 Å². The van der Waals surface area contributed by atoms with Crippen LogP contribution in [0.5, 0.6) is 11.5 Å². The molecule has 1 heterocycles. The number of benzene rings is 1. The van der Waals surface area contributed by atoms with Gasteiger partial charge in [0.25, 0.3) is 0 Å². The van der Waals surface area contributed by atoms with E-state index in [-0.39, 0.29) is 18.8 Å². The van der Waals surface area contributed by atoms with E-state index in [9.17, 15) is 24.3 Å². The first-order chi connectivity index (χ1) is 18.5. The second-order valence-corrected chi connectivity index (χ2v) is 10.7. The normalized spacial score (nSPS) is 29.1. The molecule has 39 heavy (non-hydrogen) atoms. The number of aliphatic carboxylic acids is 1. The van der Waals surface area contributed by atoms with Crippen molar-refractivity contribution in [3.05, 3.63) is 35.1 Å². The Kier molecular flexibility index (Phi) is 6.82. The molecule has 1 aromatic carbocycles. The number of carbonyl (C=O) groups excluding carboxylic acids is 3. The molecule has 210 valence electrons. The minimum Gasteiger partial charge on any atom is -0.493 e. The maximum atomic E-state index is 12.8. The molecule has 0 aromatic heterocycles. The second kappa shape index (κ2) is 9.86. The average molecular weight is 545 g/mol. The van der Waals surface area contributed by atoms with Gasteiger partial charge in [0, 0.05) is 5.56 Å². The highest BCUT2D eigenvalue weighted by molar-refractivity contribution is 5.83. The molecule has 3 aliphatic carbocycles. The highest BCUT2D eigenvalue weighted by Crippen LogP contribution is 2.67. The van der Waals surface area contributed by atoms with Crippen LogP contribution >= 0.6 is 0 Å². The summed E-state index contributed by atoms with van der Waals surface area (Å²) in [4.78, 5) is 47.7.